The fourth-order valence-corrected chi connectivity index (χ4v) is 4.54. The van der Waals surface area contributed by atoms with Crippen LogP contribution in [0.2, 0.25) is 0 Å². The Balaban J connectivity index is 0.00000341. The van der Waals surface area contributed by atoms with Crippen LogP contribution in [0.25, 0.3) is 0 Å². The van der Waals surface area contributed by atoms with Crippen LogP contribution in [0.4, 0.5) is 0 Å². The molecule has 7 heteroatoms. The summed E-state index contributed by atoms with van der Waals surface area (Å²) in [5.41, 5.74) is 1.41. The van der Waals surface area contributed by atoms with E-state index in [2.05, 4.69) is 76.6 Å². The van der Waals surface area contributed by atoms with E-state index in [-0.39, 0.29) is 24.0 Å². The lowest BCUT2D eigenvalue weighted by atomic mass is 9.97. The van der Waals surface area contributed by atoms with E-state index >= 15 is 0 Å². The number of nitrogens with zero attached hydrogens (tertiary/aromatic N) is 4. The average Bonchev–Trinajstić information content (AvgIpc) is 2.95. The van der Waals surface area contributed by atoms with Crippen molar-refractivity contribution in [3.63, 3.8) is 0 Å². The average molecular weight is 543 g/mol. The highest BCUT2D eigenvalue weighted by Crippen LogP contribution is 2.19. The third-order valence-electron chi connectivity index (χ3n) is 6.43. The van der Waals surface area contributed by atoms with Gasteiger partial charge in [0.15, 0.2) is 5.96 Å². The quantitative estimate of drug-likeness (QED) is 0.315. The van der Waals surface area contributed by atoms with Crippen LogP contribution in [0, 0.1) is 0 Å². The van der Waals surface area contributed by atoms with Crippen molar-refractivity contribution in [2.75, 3.05) is 59.4 Å². The summed E-state index contributed by atoms with van der Waals surface area (Å²) in [7, 11) is 2.22. The molecule has 176 valence electrons. The Morgan fingerprint density at radius 1 is 1.10 bits per heavy atom. The van der Waals surface area contributed by atoms with Gasteiger partial charge in [-0.25, -0.2) is 0 Å². The number of hydrogen-bond donors (Lipinski definition) is 2. The van der Waals surface area contributed by atoms with E-state index in [4.69, 9.17) is 4.99 Å². The molecule has 2 heterocycles. The molecule has 0 amide bonds. The molecule has 3 rings (SSSR count). The molecule has 2 aliphatic rings. The van der Waals surface area contributed by atoms with E-state index in [1.807, 2.05) is 0 Å². The molecule has 2 N–H and O–H groups in total. The molecular formula is C24H43IN6. The second-order valence-electron chi connectivity index (χ2n) is 8.93. The second-order valence-corrected chi connectivity index (χ2v) is 8.93. The van der Waals surface area contributed by atoms with Crippen molar-refractivity contribution >= 4 is 29.9 Å². The summed E-state index contributed by atoms with van der Waals surface area (Å²) < 4.78 is 0. The lowest BCUT2D eigenvalue weighted by molar-refractivity contribution is 0.134. The molecule has 1 aromatic rings. The lowest BCUT2D eigenvalue weighted by Gasteiger charge is -2.38. The molecule has 0 aromatic heterocycles. The van der Waals surface area contributed by atoms with Gasteiger partial charge < -0.3 is 20.4 Å². The maximum absolute atomic E-state index is 4.89. The first-order chi connectivity index (χ1) is 14.6. The van der Waals surface area contributed by atoms with Crippen molar-refractivity contribution in [2.24, 2.45) is 4.99 Å². The monoisotopic (exact) mass is 542 g/mol. The molecule has 2 fully saturated rings. The highest BCUT2D eigenvalue weighted by molar-refractivity contribution is 14.0. The maximum Gasteiger partial charge on any atom is 0.191 e. The van der Waals surface area contributed by atoms with Crippen LogP contribution in [-0.2, 0) is 6.54 Å². The summed E-state index contributed by atoms with van der Waals surface area (Å²) in [4.78, 5) is 12.5. The number of guanidine groups is 1. The molecule has 2 aliphatic heterocycles. The van der Waals surface area contributed by atoms with Crippen molar-refractivity contribution in [3.05, 3.63) is 35.9 Å². The minimum Gasteiger partial charge on any atom is -0.357 e. The zero-order valence-corrected chi connectivity index (χ0v) is 22.1. The third-order valence-corrected chi connectivity index (χ3v) is 6.43. The first kappa shape index (κ1) is 26.4. The summed E-state index contributed by atoms with van der Waals surface area (Å²) in [6.45, 7) is 14.2. The number of piperidine rings is 1. The number of likely N-dealkylation sites (N-methyl/N-ethyl adjacent to an activating group) is 1. The largest absolute Gasteiger partial charge is 0.357 e. The molecule has 1 aromatic carbocycles. The van der Waals surface area contributed by atoms with E-state index in [1.54, 1.807) is 0 Å². The minimum absolute atomic E-state index is 0. The van der Waals surface area contributed by atoms with Crippen molar-refractivity contribution in [1.29, 1.82) is 0 Å². The van der Waals surface area contributed by atoms with Gasteiger partial charge in [-0.1, -0.05) is 30.3 Å². The highest BCUT2D eigenvalue weighted by Gasteiger charge is 2.26. The van der Waals surface area contributed by atoms with Crippen LogP contribution in [0.1, 0.15) is 38.7 Å². The van der Waals surface area contributed by atoms with Gasteiger partial charge in [-0.05, 0) is 58.8 Å². The fraction of sp³-hybridized carbons (Fsp3) is 0.708. The van der Waals surface area contributed by atoms with E-state index in [9.17, 15) is 0 Å². The highest BCUT2D eigenvalue weighted by atomic mass is 127. The standard InChI is InChI=1S/C24H42N6.HI/c1-4-25-24(26-12-16-29-14-8-13-28(3)17-18-29)27-23-11-15-30(21(2)19-23)20-22-9-6-5-7-10-22;/h5-7,9-10,21,23H,4,8,11-20H2,1-3H3,(H2,25,26,27);1H. The van der Waals surface area contributed by atoms with Gasteiger partial charge in [0.25, 0.3) is 0 Å². The summed E-state index contributed by atoms with van der Waals surface area (Å²) in [6, 6.07) is 11.9. The molecule has 2 saturated heterocycles. The van der Waals surface area contributed by atoms with Crippen molar-refractivity contribution in [3.8, 4) is 0 Å². The molecule has 2 atom stereocenters. The maximum atomic E-state index is 4.89. The number of aliphatic imine (C=N–C) groups is 1. The Morgan fingerprint density at radius 2 is 1.90 bits per heavy atom. The predicted molar refractivity (Wildman–Crippen MR) is 142 cm³/mol. The van der Waals surface area contributed by atoms with Crippen LogP contribution >= 0.6 is 24.0 Å². The predicted octanol–water partition coefficient (Wildman–Crippen LogP) is 2.85. The Morgan fingerprint density at radius 3 is 2.65 bits per heavy atom. The number of likely N-dealkylation sites (tertiary alicyclic amines) is 1. The van der Waals surface area contributed by atoms with Crippen molar-refractivity contribution < 1.29 is 0 Å². The van der Waals surface area contributed by atoms with Gasteiger partial charge in [-0.2, -0.15) is 0 Å². The first-order valence-corrected chi connectivity index (χ1v) is 11.9. The minimum atomic E-state index is 0. The lowest BCUT2D eigenvalue weighted by Crippen LogP contribution is -2.51. The van der Waals surface area contributed by atoms with Crippen LogP contribution in [-0.4, -0.2) is 92.1 Å². The zero-order valence-electron chi connectivity index (χ0n) is 19.7. The number of hydrogen-bond acceptors (Lipinski definition) is 4. The topological polar surface area (TPSA) is 46.1 Å². The third kappa shape index (κ3) is 9.24. The number of halogens is 1. The van der Waals surface area contributed by atoms with Gasteiger partial charge in [-0.3, -0.25) is 9.89 Å². The Bertz CT molecular complexity index is 640. The van der Waals surface area contributed by atoms with Crippen LogP contribution in [0.5, 0.6) is 0 Å². The molecular weight excluding hydrogens is 499 g/mol. The van der Waals surface area contributed by atoms with Gasteiger partial charge in [0, 0.05) is 51.4 Å². The molecule has 0 radical (unpaired) electrons. The van der Waals surface area contributed by atoms with Gasteiger partial charge in [0.05, 0.1) is 6.54 Å². The van der Waals surface area contributed by atoms with E-state index in [0.717, 1.165) is 51.6 Å². The van der Waals surface area contributed by atoms with E-state index in [0.29, 0.717) is 12.1 Å². The van der Waals surface area contributed by atoms with Crippen LogP contribution in [0.3, 0.4) is 0 Å². The molecule has 0 bridgehead atoms. The molecule has 0 saturated carbocycles. The fourth-order valence-electron chi connectivity index (χ4n) is 4.54. The SMILES string of the molecule is CCNC(=NCCN1CCCN(C)CC1)NC1CCN(Cc2ccccc2)C(C)C1.I. The Hall–Kier alpha value is -0.900. The van der Waals surface area contributed by atoms with Crippen LogP contribution < -0.4 is 10.6 Å². The Labute approximate surface area is 206 Å². The normalized spacial score (nSPS) is 24.3. The van der Waals surface area contributed by atoms with E-state index in [1.165, 1.54) is 38.0 Å². The summed E-state index contributed by atoms with van der Waals surface area (Å²) in [5, 5.41) is 7.17. The van der Waals surface area contributed by atoms with Gasteiger partial charge in [0.1, 0.15) is 0 Å². The van der Waals surface area contributed by atoms with Gasteiger partial charge in [0.2, 0.25) is 0 Å². The molecule has 6 nitrogen and oxygen atoms in total. The number of benzene rings is 1. The van der Waals surface area contributed by atoms with Gasteiger partial charge in [-0.15, -0.1) is 24.0 Å². The van der Waals surface area contributed by atoms with Crippen molar-refractivity contribution in [2.45, 2.75) is 51.7 Å². The Kier molecular flexibility index (Phi) is 12.1. The molecule has 0 spiro atoms. The van der Waals surface area contributed by atoms with Crippen LogP contribution in [0.15, 0.2) is 35.3 Å². The molecule has 0 aliphatic carbocycles. The number of rotatable bonds is 7. The smallest absolute Gasteiger partial charge is 0.191 e. The number of nitrogens with one attached hydrogen (secondary N) is 2. The summed E-state index contributed by atoms with van der Waals surface area (Å²) in [5.74, 6) is 0.984. The molecule has 31 heavy (non-hydrogen) atoms. The summed E-state index contributed by atoms with van der Waals surface area (Å²) >= 11 is 0. The van der Waals surface area contributed by atoms with Gasteiger partial charge >= 0.3 is 0 Å². The zero-order chi connectivity index (χ0) is 21.2. The second kappa shape index (κ2) is 14.3. The van der Waals surface area contributed by atoms with Crippen molar-refractivity contribution in [1.82, 2.24) is 25.3 Å². The van der Waals surface area contributed by atoms with E-state index < -0.39 is 0 Å². The first-order valence-electron chi connectivity index (χ1n) is 11.9. The summed E-state index contributed by atoms with van der Waals surface area (Å²) in [6.07, 6.45) is 3.59. The molecule has 2 unspecified atom stereocenters.